The molecule has 1 saturated carbocycles. The molecule has 1 heterocycles. The van der Waals surface area contributed by atoms with E-state index < -0.39 is 0 Å². The number of amides is 1. The third-order valence-corrected chi connectivity index (χ3v) is 5.67. The Morgan fingerprint density at radius 3 is 2.38 bits per heavy atom. The van der Waals surface area contributed by atoms with Gasteiger partial charge in [0.2, 0.25) is 5.91 Å². The first-order valence-electron chi connectivity index (χ1n) is 7.96. The lowest BCUT2D eigenvalue weighted by atomic mass is 9.99. The van der Waals surface area contributed by atoms with Crippen molar-refractivity contribution in [3.63, 3.8) is 0 Å². The Balaban J connectivity index is 1.52. The van der Waals surface area contributed by atoms with Gasteiger partial charge in [-0.15, -0.1) is 11.8 Å². The molecule has 1 saturated heterocycles. The van der Waals surface area contributed by atoms with Crippen molar-refractivity contribution in [3.05, 3.63) is 24.3 Å². The Labute approximate surface area is 130 Å². The number of ether oxygens (including phenoxy) is 1. The molecule has 1 amide bonds. The molecule has 1 aromatic rings. The van der Waals surface area contributed by atoms with Crippen LogP contribution in [0.4, 0.5) is 5.69 Å². The highest BCUT2D eigenvalue weighted by molar-refractivity contribution is 8.00. The van der Waals surface area contributed by atoms with E-state index in [1.54, 1.807) is 0 Å². The molecule has 0 spiro atoms. The van der Waals surface area contributed by atoms with Gasteiger partial charge in [-0.05, 0) is 49.9 Å². The molecule has 4 heteroatoms. The summed E-state index contributed by atoms with van der Waals surface area (Å²) in [6.07, 6.45) is 7.09. The fourth-order valence-corrected chi connectivity index (χ4v) is 4.27. The second-order valence-electron chi connectivity index (χ2n) is 5.92. The lowest BCUT2D eigenvalue weighted by Crippen LogP contribution is -2.28. The maximum atomic E-state index is 12.2. The molecule has 1 aliphatic carbocycles. The van der Waals surface area contributed by atoms with Crippen molar-refractivity contribution in [2.45, 2.75) is 48.7 Å². The molecule has 3 nitrogen and oxygen atoms in total. The van der Waals surface area contributed by atoms with E-state index in [0.29, 0.717) is 13.2 Å². The van der Waals surface area contributed by atoms with Gasteiger partial charge < -0.3 is 10.1 Å². The molecular weight excluding hydrogens is 282 g/mol. The zero-order valence-electron chi connectivity index (χ0n) is 12.3. The van der Waals surface area contributed by atoms with Gasteiger partial charge >= 0.3 is 0 Å². The smallest absolute Gasteiger partial charge is 0.227 e. The van der Waals surface area contributed by atoms with Crippen molar-refractivity contribution in [1.29, 1.82) is 0 Å². The number of hydrogen-bond acceptors (Lipinski definition) is 3. The van der Waals surface area contributed by atoms with Crippen molar-refractivity contribution in [3.8, 4) is 0 Å². The van der Waals surface area contributed by atoms with E-state index in [-0.39, 0.29) is 11.8 Å². The molecular formula is C17H23NO2S. The topological polar surface area (TPSA) is 38.3 Å². The van der Waals surface area contributed by atoms with Crippen molar-refractivity contribution in [1.82, 2.24) is 0 Å². The summed E-state index contributed by atoms with van der Waals surface area (Å²) >= 11 is 1.98. The van der Waals surface area contributed by atoms with Gasteiger partial charge in [0, 0.05) is 35.0 Å². The Bertz CT molecular complexity index is 462. The third-order valence-electron chi connectivity index (χ3n) is 4.32. The van der Waals surface area contributed by atoms with Crippen LogP contribution in [0.1, 0.15) is 38.5 Å². The van der Waals surface area contributed by atoms with E-state index in [4.69, 9.17) is 4.74 Å². The SMILES string of the molecule is O=C(Nc1ccc(SC2CCCC2)cc1)C1CCOCC1. The number of rotatable bonds is 4. The van der Waals surface area contributed by atoms with E-state index in [9.17, 15) is 4.79 Å². The standard InChI is InChI=1S/C17H23NO2S/c19-17(13-9-11-20-12-10-13)18-14-5-7-16(8-6-14)21-15-3-1-2-4-15/h5-8,13,15H,1-4,9-12H2,(H,18,19). The van der Waals surface area contributed by atoms with Gasteiger partial charge in [0.15, 0.2) is 0 Å². The largest absolute Gasteiger partial charge is 0.381 e. The highest BCUT2D eigenvalue weighted by Crippen LogP contribution is 2.35. The fourth-order valence-electron chi connectivity index (χ4n) is 3.02. The normalized spacial score (nSPS) is 20.6. The molecule has 1 N–H and O–H groups in total. The van der Waals surface area contributed by atoms with Crippen molar-refractivity contribution in [2.24, 2.45) is 5.92 Å². The molecule has 0 bridgehead atoms. The van der Waals surface area contributed by atoms with Crippen LogP contribution in [0.25, 0.3) is 0 Å². The molecule has 114 valence electrons. The maximum Gasteiger partial charge on any atom is 0.227 e. The van der Waals surface area contributed by atoms with Crippen LogP contribution in [0.5, 0.6) is 0 Å². The predicted octanol–water partition coefficient (Wildman–Crippen LogP) is 4.09. The summed E-state index contributed by atoms with van der Waals surface area (Å²) in [5.41, 5.74) is 0.905. The number of carbonyl (C=O) groups excluding carboxylic acids is 1. The molecule has 0 radical (unpaired) electrons. The summed E-state index contributed by atoms with van der Waals surface area (Å²) in [5.74, 6) is 0.237. The Morgan fingerprint density at radius 2 is 1.71 bits per heavy atom. The van der Waals surface area contributed by atoms with Crippen molar-refractivity contribution in [2.75, 3.05) is 18.5 Å². The van der Waals surface area contributed by atoms with Crippen LogP contribution in [0.15, 0.2) is 29.2 Å². The van der Waals surface area contributed by atoms with E-state index in [1.807, 2.05) is 23.9 Å². The summed E-state index contributed by atoms with van der Waals surface area (Å²) in [5, 5.41) is 3.81. The van der Waals surface area contributed by atoms with Crippen LogP contribution < -0.4 is 5.32 Å². The first kappa shape index (κ1) is 14.9. The number of anilines is 1. The van der Waals surface area contributed by atoms with Gasteiger partial charge in [-0.3, -0.25) is 4.79 Å². The van der Waals surface area contributed by atoms with Gasteiger partial charge in [0.25, 0.3) is 0 Å². The molecule has 1 aromatic carbocycles. The highest BCUT2D eigenvalue weighted by Gasteiger charge is 2.21. The van der Waals surface area contributed by atoms with Crippen LogP contribution in [-0.2, 0) is 9.53 Å². The van der Waals surface area contributed by atoms with Gasteiger partial charge in [-0.1, -0.05) is 12.8 Å². The fraction of sp³-hybridized carbons (Fsp3) is 0.588. The van der Waals surface area contributed by atoms with Crippen molar-refractivity contribution < 1.29 is 9.53 Å². The average Bonchev–Trinajstić information content (AvgIpc) is 3.03. The summed E-state index contributed by atoms with van der Waals surface area (Å²) in [4.78, 5) is 13.5. The summed E-state index contributed by atoms with van der Waals surface area (Å²) in [6.45, 7) is 1.41. The van der Waals surface area contributed by atoms with E-state index in [0.717, 1.165) is 23.8 Å². The summed E-state index contributed by atoms with van der Waals surface area (Å²) in [7, 11) is 0. The van der Waals surface area contributed by atoms with Gasteiger partial charge in [0.1, 0.15) is 0 Å². The van der Waals surface area contributed by atoms with Gasteiger partial charge in [-0.25, -0.2) is 0 Å². The third kappa shape index (κ3) is 4.24. The van der Waals surface area contributed by atoms with E-state index in [2.05, 4.69) is 17.4 Å². The lowest BCUT2D eigenvalue weighted by Gasteiger charge is -2.21. The molecule has 2 fully saturated rings. The van der Waals surface area contributed by atoms with Crippen LogP contribution >= 0.6 is 11.8 Å². The molecule has 0 aromatic heterocycles. The van der Waals surface area contributed by atoms with Gasteiger partial charge in [-0.2, -0.15) is 0 Å². The van der Waals surface area contributed by atoms with E-state index in [1.165, 1.54) is 30.6 Å². The maximum absolute atomic E-state index is 12.2. The molecule has 21 heavy (non-hydrogen) atoms. The zero-order valence-corrected chi connectivity index (χ0v) is 13.2. The van der Waals surface area contributed by atoms with Gasteiger partial charge in [0.05, 0.1) is 0 Å². The Morgan fingerprint density at radius 1 is 1.05 bits per heavy atom. The number of thioether (sulfide) groups is 1. The average molecular weight is 305 g/mol. The number of hydrogen-bond donors (Lipinski definition) is 1. The quantitative estimate of drug-likeness (QED) is 0.910. The molecule has 0 unspecified atom stereocenters. The Kier molecular flexibility index (Phi) is 5.20. The number of carbonyl (C=O) groups is 1. The monoisotopic (exact) mass is 305 g/mol. The summed E-state index contributed by atoms with van der Waals surface area (Å²) in [6, 6.07) is 8.30. The minimum atomic E-state index is 0.103. The van der Waals surface area contributed by atoms with Crippen LogP contribution in [0.2, 0.25) is 0 Å². The first-order chi connectivity index (χ1) is 10.3. The minimum absolute atomic E-state index is 0.103. The van der Waals surface area contributed by atoms with Crippen molar-refractivity contribution >= 4 is 23.4 Å². The first-order valence-corrected chi connectivity index (χ1v) is 8.84. The van der Waals surface area contributed by atoms with Crippen LogP contribution in [0.3, 0.4) is 0 Å². The molecule has 3 rings (SSSR count). The zero-order chi connectivity index (χ0) is 14.5. The molecule has 2 aliphatic rings. The second kappa shape index (κ2) is 7.32. The van der Waals surface area contributed by atoms with E-state index >= 15 is 0 Å². The predicted molar refractivity (Wildman–Crippen MR) is 86.7 cm³/mol. The van der Waals surface area contributed by atoms with Crippen LogP contribution in [0, 0.1) is 5.92 Å². The minimum Gasteiger partial charge on any atom is -0.381 e. The molecule has 1 aliphatic heterocycles. The number of benzene rings is 1. The highest BCUT2D eigenvalue weighted by atomic mass is 32.2. The lowest BCUT2D eigenvalue weighted by molar-refractivity contribution is -0.122. The molecule has 0 atom stereocenters. The number of nitrogens with one attached hydrogen (secondary N) is 1. The second-order valence-corrected chi connectivity index (χ2v) is 7.30. The Hall–Kier alpha value is -1.00. The van der Waals surface area contributed by atoms with Crippen LogP contribution in [-0.4, -0.2) is 24.4 Å². The summed E-state index contributed by atoms with van der Waals surface area (Å²) < 4.78 is 5.30.